The molecule has 9 heterocycles. The molecule has 1 spiro atoms. The average Bonchev–Trinajstić information content (AvgIpc) is 1.48. The molecule has 3 saturated heterocycles. The molecule has 2 aliphatic carbocycles. The summed E-state index contributed by atoms with van der Waals surface area (Å²) in [5.41, 5.74) is 2.31. The Morgan fingerprint density at radius 1 is 0.800 bits per heavy atom. The lowest BCUT2D eigenvalue weighted by Crippen LogP contribution is -2.81. The van der Waals surface area contributed by atoms with Crippen LogP contribution in [0, 0.1) is 46.8 Å². The van der Waals surface area contributed by atoms with E-state index in [9.17, 15) is 54.0 Å². The van der Waals surface area contributed by atoms with Gasteiger partial charge in [-0.05, 0) is 168 Å². The Bertz CT molecular complexity index is 4620. The number of aromatic nitrogens is 1. The number of fused-ring (bicyclic) bond motifs is 9. The predicted molar refractivity (Wildman–Crippen MR) is 470 cm³/mol. The van der Waals surface area contributed by atoms with Gasteiger partial charge in [0.15, 0.2) is 11.9 Å². The number of likely N-dealkylation sites (N-methyl/N-ethyl adjacent to an activating group) is 1. The average molecular weight is 1740 g/mol. The van der Waals surface area contributed by atoms with Crippen LogP contribution in [-0.4, -0.2) is 261 Å². The first-order valence-corrected chi connectivity index (χ1v) is 45.4. The van der Waals surface area contributed by atoms with E-state index in [1.54, 1.807) is 48.2 Å². The predicted octanol–water partition coefficient (Wildman–Crippen LogP) is 11.0. The number of carbonyl (C=O) groups is 8. The lowest BCUT2D eigenvalue weighted by molar-refractivity contribution is -0.265. The lowest BCUT2D eigenvalue weighted by atomic mass is 9.47. The van der Waals surface area contributed by atoms with Gasteiger partial charge in [0, 0.05) is 149 Å². The van der Waals surface area contributed by atoms with Gasteiger partial charge in [-0.25, -0.2) is 9.59 Å². The minimum absolute atomic E-state index is 0.0158. The molecule has 24 atom stereocenters. The summed E-state index contributed by atoms with van der Waals surface area (Å²) in [6, 6.07) is 10.0. The van der Waals surface area contributed by atoms with E-state index in [1.165, 1.54) is 38.7 Å². The number of piperidine rings is 1. The normalized spacial score (nSPS) is 37.2. The number of allylic oxidation sites excluding steroid dienone is 6. The van der Waals surface area contributed by atoms with Gasteiger partial charge in [0.25, 0.3) is 11.7 Å². The van der Waals surface area contributed by atoms with E-state index >= 15 is 4.79 Å². The molecule has 13 rings (SSSR count). The molecule has 5 fully saturated rings. The summed E-state index contributed by atoms with van der Waals surface area (Å²) in [5.74, 6) is -9.27. The first-order valence-electron chi connectivity index (χ1n) is 45.4. The molecule has 1 aromatic heterocycles. The number of ether oxygens (including phenoxy) is 10. The zero-order valence-corrected chi connectivity index (χ0v) is 76.4. The number of aromatic amines is 1. The molecule has 2 aromatic carbocycles. The summed E-state index contributed by atoms with van der Waals surface area (Å²) in [4.78, 5) is 125. The highest BCUT2D eigenvalue weighted by Crippen LogP contribution is 2.68. The second-order valence-electron chi connectivity index (χ2n) is 37.3. The molecular formula is C98H137N5O22. The smallest absolute Gasteiger partial charge is 0.344 e. The number of H-pyrrole nitrogens is 1. The van der Waals surface area contributed by atoms with Gasteiger partial charge in [0.2, 0.25) is 11.4 Å². The first-order chi connectivity index (χ1) is 59.7. The second kappa shape index (κ2) is 40.3. The highest BCUT2D eigenvalue weighted by Gasteiger charge is 2.80. The van der Waals surface area contributed by atoms with Gasteiger partial charge in [0.1, 0.15) is 41.3 Å². The molecule has 4 bridgehead atoms. The van der Waals surface area contributed by atoms with Crippen molar-refractivity contribution in [3.8, 4) is 5.75 Å². The van der Waals surface area contributed by atoms with Gasteiger partial charge in [-0.15, -0.1) is 0 Å². The van der Waals surface area contributed by atoms with Crippen molar-refractivity contribution in [1.29, 1.82) is 0 Å². The zero-order chi connectivity index (χ0) is 90.5. The fraction of sp³-hybridized carbons (Fsp3) is 0.653. The Labute approximate surface area is 736 Å². The summed E-state index contributed by atoms with van der Waals surface area (Å²) < 4.78 is 59.4. The molecule has 1 unspecified atom stereocenters. The van der Waals surface area contributed by atoms with Gasteiger partial charge < -0.3 is 82.6 Å². The first kappa shape index (κ1) is 96.0. The number of hydrogen-bond acceptors (Lipinski definition) is 25. The second-order valence-corrected chi connectivity index (χ2v) is 37.3. The number of carbonyl (C=O) groups excluding carboxylic acids is 8. The van der Waals surface area contributed by atoms with Gasteiger partial charge in [-0.3, -0.25) is 38.6 Å². The van der Waals surface area contributed by atoms with Crippen LogP contribution in [0.25, 0.3) is 10.9 Å². The SMILES string of the molecule is CCC1=C[C@@H]2CN(C1)Cc1c([nH]c3ccccc13)[C@@](C(=O)OC)(c1cc3c(cc1OC)N(C)[C@H]1[C@@](O)(C(=O)OC)[C@H](OC(C)=O)[C@]4(CC)C=CCN5CC[C@]31[C@@H]54)C2.CO[C@H]1C[C@@H]2CC[C@@H](C)[C@@](O)(O2)C(=O)C(=O)N2CCCC[C@H]2C(=O)O[C@H]([C@H](C)C[C@@H]2CC[C@@H](OCCO)[C@H](OC)C2)CC(=O)[C@H](C)/C=C(\C)[C@@H](O)[C@@H](OC)C(=O)[C@H](C)C[C@H](C)/C=C/C=C/C=C/1C. The van der Waals surface area contributed by atoms with Crippen LogP contribution < -0.4 is 9.64 Å². The summed E-state index contributed by atoms with van der Waals surface area (Å²) in [6.07, 6.45) is 19.7. The van der Waals surface area contributed by atoms with Crippen LogP contribution in [0.1, 0.15) is 194 Å². The van der Waals surface area contributed by atoms with Gasteiger partial charge in [0.05, 0.1) is 65.0 Å². The largest absolute Gasteiger partial charge is 0.496 e. The number of anilines is 1. The highest BCUT2D eigenvalue weighted by molar-refractivity contribution is 6.39. The maximum absolute atomic E-state index is 15.2. The van der Waals surface area contributed by atoms with Crippen LogP contribution in [0.3, 0.4) is 0 Å². The summed E-state index contributed by atoms with van der Waals surface area (Å²) in [6.45, 7) is 22.1. The van der Waals surface area contributed by atoms with Gasteiger partial charge >= 0.3 is 23.9 Å². The number of esters is 4. The number of hydrogen-bond donors (Lipinski definition) is 5. The van der Waals surface area contributed by atoms with Crippen molar-refractivity contribution in [2.45, 2.75) is 268 Å². The third-order valence-electron chi connectivity index (χ3n) is 29.6. The van der Waals surface area contributed by atoms with Crippen LogP contribution in [0.15, 0.2) is 108 Å². The molecular weight excluding hydrogens is 1600 g/mol. The molecule has 10 aliphatic rings. The number of benzene rings is 2. The number of nitrogens with zero attached hydrogens (tertiary/aromatic N) is 4. The van der Waals surface area contributed by atoms with Crippen molar-refractivity contribution in [3.05, 3.63) is 130 Å². The topological polar surface area (TPSA) is 339 Å². The minimum Gasteiger partial charge on any atom is -0.496 e. The molecule has 0 radical (unpaired) electrons. The van der Waals surface area contributed by atoms with Crippen molar-refractivity contribution in [1.82, 2.24) is 19.7 Å². The standard InChI is InChI=1S/C53H83NO14.C45H54N4O8/c1-32-16-12-11-13-17-33(2)44(63-8)30-40-21-19-38(7)53(62,68-40)50(59)51(60)54-23-15-14-18-41(54)52(61)67-45(35(4)28-39-20-22-43(66-25-24-55)46(29-39)64-9)31-42(56)34(3)27-37(6)48(58)49(65-10)47(57)36(5)26-32;1-8-27-19-28-22-44(40(51)55-6,36-30(25-48(23-27)24-28)29-13-10-11-14-33(29)46-36)32-20-31-34(21-35(32)54-5)47(4)38-43(31)16-18-49-17-12-15-42(9-2,37(43)49)39(57-26(3)50)45(38,53)41(52)56-7/h11-13,16-17,27,32,34-36,38-41,43-46,48-49,55,58,62H,14-15,18-26,28-31H2,1-10H3;10-15,19-21,28,37-39,46,53H,8-9,16-18,22-25H2,1-7H3/b13-11+,16-12+,33-17+,37-27+;/t32-,34-,35-,36-,38-,39+,40+,41+,43-,44+,45+,46-,48-,49+,53-;28-,37-,38+,39+,42+,43+,44-,45-/m10/s1. The zero-order valence-electron chi connectivity index (χ0n) is 76.4. The van der Waals surface area contributed by atoms with E-state index in [1.807, 2.05) is 95.1 Å². The summed E-state index contributed by atoms with van der Waals surface area (Å²) in [5, 5.41) is 47.1. The number of ketones is 3. The van der Waals surface area contributed by atoms with E-state index < -0.39 is 124 Å². The Morgan fingerprint density at radius 3 is 2.24 bits per heavy atom. The number of nitrogens with one attached hydrogen (secondary N) is 1. The molecule has 27 heteroatoms. The number of cyclic esters (lactones) is 1. The van der Waals surface area contributed by atoms with E-state index in [4.69, 9.17) is 47.4 Å². The third kappa shape index (κ3) is 18.4. The van der Waals surface area contributed by atoms with Crippen molar-refractivity contribution in [2.24, 2.45) is 46.8 Å². The van der Waals surface area contributed by atoms with E-state index in [2.05, 4.69) is 58.1 Å². The van der Waals surface area contributed by atoms with Crippen LogP contribution in [0.4, 0.5) is 5.69 Å². The van der Waals surface area contributed by atoms with E-state index in [0.29, 0.717) is 114 Å². The van der Waals surface area contributed by atoms with Gasteiger partial charge in [-0.2, -0.15) is 0 Å². The third-order valence-corrected chi connectivity index (χ3v) is 29.6. The maximum Gasteiger partial charge on any atom is 0.344 e. The number of rotatable bonds is 16. The van der Waals surface area contributed by atoms with Crippen molar-refractivity contribution in [3.63, 3.8) is 0 Å². The molecule has 125 heavy (non-hydrogen) atoms. The molecule has 27 nitrogen and oxygen atoms in total. The number of methoxy groups -OCH3 is 6. The van der Waals surface area contributed by atoms with Crippen LogP contribution >= 0.6 is 0 Å². The Morgan fingerprint density at radius 2 is 1.55 bits per heavy atom. The van der Waals surface area contributed by atoms with Gasteiger partial charge in [-0.1, -0.05) is 127 Å². The fourth-order valence-corrected chi connectivity index (χ4v) is 23.3. The van der Waals surface area contributed by atoms with Crippen LogP contribution in [0.5, 0.6) is 5.75 Å². The highest BCUT2D eigenvalue weighted by atomic mass is 16.6. The summed E-state index contributed by atoms with van der Waals surface area (Å²) >= 11 is 0. The van der Waals surface area contributed by atoms with Crippen LogP contribution in [-0.2, 0) is 98.4 Å². The number of para-hydroxylation sites is 1. The molecule has 686 valence electrons. The Hall–Kier alpha value is -8.06. The maximum atomic E-state index is 15.2. The number of amides is 1. The van der Waals surface area contributed by atoms with Crippen molar-refractivity contribution in [2.75, 3.05) is 101 Å². The molecule has 8 aliphatic heterocycles. The monoisotopic (exact) mass is 1740 g/mol. The van der Waals surface area contributed by atoms with E-state index in [0.717, 1.165) is 64.9 Å². The minimum atomic E-state index is -2.43. The quantitative estimate of drug-likeness (QED) is 0.0385. The van der Waals surface area contributed by atoms with Crippen LogP contribution in [0.2, 0.25) is 0 Å². The number of aliphatic hydroxyl groups excluding tert-OH is 2. The van der Waals surface area contributed by atoms with Crippen molar-refractivity contribution < 1.29 is 106 Å². The molecule has 1 amide bonds. The Balaban J connectivity index is 0.000000230. The lowest BCUT2D eigenvalue weighted by Gasteiger charge is -2.63. The number of aliphatic hydroxyl groups is 4. The molecule has 5 N–H and O–H groups in total. The molecule has 3 aromatic rings. The van der Waals surface area contributed by atoms with E-state index in [-0.39, 0.29) is 92.1 Å². The number of Topliss-reactive ketones (excluding diaryl/α,β-unsaturated/α-hetero) is 3. The Kier molecular flexibility index (Phi) is 31.0. The molecule has 2 saturated carbocycles. The van der Waals surface area contributed by atoms with Crippen molar-refractivity contribution >= 4 is 63.7 Å². The fourth-order valence-electron chi connectivity index (χ4n) is 23.3. The summed E-state index contributed by atoms with van der Waals surface area (Å²) in [7, 11) is 10.8.